The van der Waals surface area contributed by atoms with Crippen LogP contribution >= 0.6 is 0 Å². The van der Waals surface area contributed by atoms with Crippen molar-refractivity contribution in [2.45, 2.75) is 89.1 Å². The van der Waals surface area contributed by atoms with Gasteiger partial charge in [-0.3, -0.25) is 39.1 Å². The number of benzene rings is 1. The molecular weight excluding hydrogens is 568 g/mol. The summed E-state index contributed by atoms with van der Waals surface area (Å²) in [5.74, 6) is -0.590. The molecular formula is C35H38N6O4. The molecule has 4 amide bonds. The molecule has 10 nitrogen and oxygen atoms in total. The second-order valence-corrected chi connectivity index (χ2v) is 14.0. The van der Waals surface area contributed by atoms with Crippen LogP contribution in [0.1, 0.15) is 108 Å². The van der Waals surface area contributed by atoms with Crippen molar-refractivity contribution in [3.63, 3.8) is 0 Å². The molecule has 3 saturated carbocycles. The Kier molecular flexibility index (Phi) is 6.65. The number of nitrogens with zero attached hydrogens (tertiary/aromatic N) is 4. The molecule has 1 atom stereocenters. The van der Waals surface area contributed by atoms with Crippen LogP contribution < -0.4 is 10.6 Å². The Balaban J connectivity index is 0.809. The number of amides is 4. The maximum absolute atomic E-state index is 13.1. The fourth-order valence-corrected chi connectivity index (χ4v) is 8.18. The van der Waals surface area contributed by atoms with Crippen LogP contribution in [0.15, 0.2) is 42.6 Å². The molecule has 10 heteroatoms. The van der Waals surface area contributed by atoms with Gasteiger partial charge in [0.1, 0.15) is 6.04 Å². The summed E-state index contributed by atoms with van der Waals surface area (Å²) in [6, 6.07) is 11.0. The Labute approximate surface area is 262 Å². The summed E-state index contributed by atoms with van der Waals surface area (Å²) in [6.07, 6.45) is 12.2. The van der Waals surface area contributed by atoms with Gasteiger partial charge in [0.2, 0.25) is 11.8 Å². The number of hydrogen-bond acceptors (Lipinski definition) is 7. The van der Waals surface area contributed by atoms with E-state index in [0.717, 1.165) is 40.9 Å². The Morgan fingerprint density at radius 3 is 2.51 bits per heavy atom. The second kappa shape index (κ2) is 10.6. The zero-order valence-electron chi connectivity index (χ0n) is 25.6. The summed E-state index contributed by atoms with van der Waals surface area (Å²) in [5.41, 5.74) is 6.41. The lowest BCUT2D eigenvalue weighted by molar-refractivity contribution is -0.136. The first kappa shape index (κ1) is 28.2. The molecule has 3 aromatic rings. The van der Waals surface area contributed by atoms with Gasteiger partial charge < -0.3 is 5.32 Å². The molecule has 4 heterocycles. The minimum absolute atomic E-state index is 0.109. The first-order valence-electron chi connectivity index (χ1n) is 16.4. The van der Waals surface area contributed by atoms with Gasteiger partial charge in [-0.1, -0.05) is 6.07 Å². The van der Waals surface area contributed by atoms with Gasteiger partial charge in [-0.15, -0.1) is 0 Å². The summed E-state index contributed by atoms with van der Waals surface area (Å²) in [7, 11) is 0. The Morgan fingerprint density at radius 2 is 1.76 bits per heavy atom. The number of hydrogen-bond donors (Lipinski definition) is 2. The third kappa shape index (κ3) is 5.04. The van der Waals surface area contributed by atoms with E-state index in [-0.39, 0.29) is 18.7 Å². The lowest BCUT2D eigenvalue weighted by Crippen LogP contribution is -2.54. The first-order chi connectivity index (χ1) is 21.8. The van der Waals surface area contributed by atoms with E-state index in [9.17, 15) is 19.2 Å². The highest BCUT2D eigenvalue weighted by Gasteiger charge is 2.53. The number of fused-ring (bicyclic) bond motifs is 1. The van der Waals surface area contributed by atoms with Gasteiger partial charge in [0.05, 0.1) is 28.6 Å². The molecule has 1 spiro atoms. The predicted molar refractivity (Wildman–Crippen MR) is 166 cm³/mol. The molecule has 3 aliphatic carbocycles. The largest absolute Gasteiger partial charge is 0.385 e. The van der Waals surface area contributed by atoms with Gasteiger partial charge >= 0.3 is 0 Å². The number of imide groups is 2. The first-order valence-corrected chi connectivity index (χ1v) is 16.4. The summed E-state index contributed by atoms with van der Waals surface area (Å²) < 4.78 is 2.24. The van der Waals surface area contributed by atoms with E-state index in [2.05, 4.69) is 33.6 Å². The van der Waals surface area contributed by atoms with Crippen molar-refractivity contribution >= 4 is 29.3 Å². The molecule has 1 unspecified atom stereocenters. The van der Waals surface area contributed by atoms with E-state index < -0.39 is 23.8 Å². The van der Waals surface area contributed by atoms with Crippen LogP contribution in [-0.2, 0) is 9.59 Å². The van der Waals surface area contributed by atoms with Gasteiger partial charge in [-0.2, -0.15) is 5.10 Å². The number of nitrogens with one attached hydrogen (secondary N) is 2. The van der Waals surface area contributed by atoms with E-state index in [1.54, 1.807) is 12.1 Å². The van der Waals surface area contributed by atoms with Gasteiger partial charge in [0.15, 0.2) is 0 Å². The van der Waals surface area contributed by atoms with Crippen molar-refractivity contribution in [2.75, 3.05) is 11.9 Å². The second-order valence-electron chi connectivity index (χ2n) is 14.0. The number of rotatable bonds is 9. The van der Waals surface area contributed by atoms with Crippen molar-refractivity contribution in [3.05, 3.63) is 65.1 Å². The van der Waals surface area contributed by atoms with Crippen molar-refractivity contribution in [1.29, 1.82) is 0 Å². The minimum Gasteiger partial charge on any atom is -0.385 e. The Hall–Kier alpha value is -4.34. The molecule has 2 aliphatic heterocycles. The maximum Gasteiger partial charge on any atom is 0.262 e. The van der Waals surface area contributed by atoms with Gasteiger partial charge in [0, 0.05) is 42.0 Å². The molecule has 2 N–H and O–H groups in total. The van der Waals surface area contributed by atoms with E-state index in [1.807, 2.05) is 19.1 Å². The predicted octanol–water partition coefficient (Wildman–Crippen LogP) is 5.16. The third-order valence-electron chi connectivity index (χ3n) is 10.6. The van der Waals surface area contributed by atoms with Gasteiger partial charge in [-0.05, 0) is 106 Å². The fourth-order valence-electron chi connectivity index (χ4n) is 8.18. The molecule has 1 saturated heterocycles. The molecule has 232 valence electrons. The Morgan fingerprint density at radius 1 is 0.956 bits per heavy atom. The lowest BCUT2D eigenvalue weighted by atomic mass is 9.49. The average Bonchev–Trinajstić information content (AvgIpc) is 3.69. The van der Waals surface area contributed by atoms with E-state index >= 15 is 0 Å². The van der Waals surface area contributed by atoms with E-state index in [4.69, 9.17) is 10.1 Å². The van der Waals surface area contributed by atoms with Crippen LogP contribution in [-0.4, -0.2) is 55.9 Å². The van der Waals surface area contributed by atoms with Crippen LogP contribution in [0.3, 0.4) is 0 Å². The molecule has 0 bridgehead atoms. The summed E-state index contributed by atoms with van der Waals surface area (Å²) in [5, 5.41) is 10.7. The maximum atomic E-state index is 13.1. The molecule has 45 heavy (non-hydrogen) atoms. The quantitative estimate of drug-likeness (QED) is 0.255. The highest BCUT2D eigenvalue weighted by atomic mass is 16.2. The van der Waals surface area contributed by atoms with Gasteiger partial charge in [-0.25, -0.2) is 0 Å². The number of anilines is 1. The molecule has 2 aromatic heterocycles. The minimum atomic E-state index is -0.948. The zero-order chi connectivity index (χ0) is 30.9. The molecule has 4 fully saturated rings. The van der Waals surface area contributed by atoms with Crippen molar-refractivity contribution in [1.82, 2.24) is 25.0 Å². The monoisotopic (exact) mass is 606 g/mol. The summed E-state index contributed by atoms with van der Waals surface area (Å²) in [6.45, 7) is 2.83. The van der Waals surface area contributed by atoms with Crippen LogP contribution in [0.4, 0.5) is 5.69 Å². The number of carbonyl (C=O) groups excluding carboxylic acids is 4. The average molecular weight is 607 g/mol. The summed E-state index contributed by atoms with van der Waals surface area (Å²) >= 11 is 0. The van der Waals surface area contributed by atoms with Crippen LogP contribution in [0.25, 0.3) is 11.3 Å². The standard InChI is InChI=1S/C35H38N6O4/c1-20-4-2-6-28(37-20)27-19-40(39-31(27)22-7-8-22)24-17-35(18-24)15-21(16-35)5-3-13-36-23-9-10-25-26(14-23)34(45)41(33(25)44)29-11-12-30(42)38-32(29)43/h2,4,6,9-10,14,19,21-22,24,29,36H,3,5,7-8,11-13,15-18H2,1H3,(H,38,42,43). The SMILES string of the molecule is Cc1cccc(-c2cn(C3CC4(CC(CCCNc5ccc6c(c5)C(=O)N(C5CCC(=O)NC5=O)C6=O)C4)C3)nc2C2CC2)n1. The number of aryl methyl sites for hydroxylation is 1. The highest BCUT2D eigenvalue weighted by molar-refractivity contribution is 6.23. The lowest BCUT2D eigenvalue weighted by Gasteiger charge is -2.58. The molecule has 1 aromatic carbocycles. The zero-order valence-corrected chi connectivity index (χ0v) is 25.6. The van der Waals surface area contributed by atoms with Gasteiger partial charge in [0.25, 0.3) is 11.8 Å². The number of aromatic nitrogens is 3. The Bertz CT molecular complexity index is 1730. The third-order valence-corrected chi connectivity index (χ3v) is 10.6. The van der Waals surface area contributed by atoms with E-state index in [1.165, 1.54) is 56.2 Å². The highest BCUT2D eigenvalue weighted by Crippen LogP contribution is 2.63. The molecule has 5 aliphatic rings. The van der Waals surface area contributed by atoms with Crippen molar-refractivity contribution in [2.24, 2.45) is 11.3 Å². The number of carbonyl (C=O) groups is 4. The van der Waals surface area contributed by atoms with Crippen LogP contribution in [0.2, 0.25) is 0 Å². The van der Waals surface area contributed by atoms with Crippen molar-refractivity contribution in [3.8, 4) is 11.3 Å². The summed E-state index contributed by atoms with van der Waals surface area (Å²) in [4.78, 5) is 55.6. The van der Waals surface area contributed by atoms with Crippen LogP contribution in [0, 0.1) is 18.3 Å². The number of piperidine rings is 1. The molecule has 0 radical (unpaired) electrons. The topological polar surface area (TPSA) is 126 Å². The van der Waals surface area contributed by atoms with Crippen molar-refractivity contribution < 1.29 is 19.2 Å². The van der Waals surface area contributed by atoms with E-state index in [0.29, 0.717) is 28.5 Å². The van der Waals surface area contributed by atoms with Crippen LogP contribution in [0.5, 0.6) is 0 Å². The fraction of sp³-hybridized carbons (Fsp3) is 0.486. The smallest absolute Gasteiger partial charge is 0.262 e. The number of pyridine rings is 1. The molecule has 8 rings (SSSR count). The normalized spacial score (nSPS) is 27.3.